The van der Waals surface area contributed by atoms with Crippen molar-refractivity contribution in [2.24, 2.45) is 23.7 Å². The maximum absolute atomic E-state index is 12.3. The van der Waals surface area contributed by atoms with Gasteiger partial charge in [-0.2, -0.15) is 0 Å². The topological polar surface area (TPSA) is 72.8 Å². The van der Waals surface area contributed by atoms with Gasteiger partial charge in [0.25, 0.3) is 0 Å². The second-order valence-corrected chi connectivity index (χ2v) is 8.34. The SMILES string of the molecule is C=C1[C@@H]2C[C@H](OC(C)=O)/C(=C\C)[C@H]2[C@H](C(C)C)[C@H](O)[C@H]1OC(=O)/C=C(/C)CC. The number of hydrogen-bond donors (Lipinski definition) is 1. The first-order valence-electron chi connectivity index (χ1n) is 10.2. The Bertz CT molecular complexity index is 687. The largest absolute Gasteiger partial charge is 0.458 e. The van der Waals surface area contributed by atoms with Gasteiger partial charge in [0, 0.05) is 13.0 Å². The fourth-order valence-corrected chi connectivity index (χ4v) is 4.79. The number of carbonyl (C=O) groups is 2. The van der Waals surface area contributed by atoms with Crippen molar-refractivity contribution in [1.29, 1.82) is 0 Å². The molecular weight excluding hydrogens is 356 g/mol. The van der Waals surface area contributed by atoms with Crippen LogP contribution in [0, 0.1) is 23.7 Å². The van der Waals surface area contributed by atoms with Crippen LogP contribution >= 0.6 is 0 Å². The van der Waals surface area contributed by atoms with E-state index in [1.165, 1.54) is 13.0 Å². The lowest BCUT2D eigenvalue weighted by molar-refractivity contribution is -0.153. The molecule has 28 heavy (non-hydrogen) atoms. The summed E-state index contributed by atoms with van der Waals surface area (Å²) in [7, 11) is 0. The molecule has 156 valence electrons. The van der Waals surface area contributed by atoms with Crippen LogP contribution in [-0.4, -0.2) is 35.4 Å². The molecule has 5 heteroatoms. The minimum absolute atomic E-state index is 0.000372. The number of rotatable bonds is 5. The quantitative estimate of drug-likeness (QED) is 0.437. The van der Waals surface area contributed by atoms with Crippen LogP contribution in [0.5, 0.6) is 0 Å². The molecule has 0 radical (unpaired) electrons. The first kappa shape index (κ1) is 22.4. The number of ether oxygens (including phenoxy) is 2. The molecule has 0 heterocycles. The molecule has 2 aliphatic carbocycles. The van der Waals surface area contributed by atoms with E-state index in [9.17, 15) is 14.7 Å². The average Bonchev–Trinajstić information content (AvgIpc) is 2.95. The van der Waals surface area contributed by atoms with E-state index in [0.717, 1.165) is 17.6 Å². The number of fused-ring (bicyclic) bond motifs is 1. The molecule has 0 bridgehead atoms. The molecule has 0 saturated heterocycles. The Morgan fingerprint density at radius 1 is 1.29 bits per heavy atom. The number of esters is 2. The van der Waals surface area contributed by atoms with Crippen molar-refractivity contribution in [3.8, 4) is 0 Å². The third kappa shape index (κ3) is 4.40. The van der Waals surface area contributed by atoms with Crippen molar-refractivity contribution < 1.29 is 24.2 Å². The number of aliphatic hydroxyl groups excluding tert-OH is 1. The molecule has 0 unspecified atom stereocenters. The van der Waals surface area contributed by atoms with E-state index in [-0.39, 0.29) is 35.7 Å². The summed E-state index contributed by atoms with van der Waals surface area (Å²) in [5.41, 5.74) is 2.66. The molecule has 5 nitrogen and oxygen atoms in total. The maximum atomic E-state index is 12.3. The van der Waals surface area contributed by atoms with Crippen LogP contribution in [0.1, 0.15) is 54.4 Å². The minimum Gasteiger partial charge on any atom is -0.458 e. The van der Waals surface area contributed by atoms with Gasteiger partial charge in [0.05, 0.1) is 6.10 Å². The Morgan fingerprint density at radius 2 is 1.93 bits per heavy atom. The molecule has 2 fully saturated rings. The standard InChI is InChI=1S/C23H34O5/c1-8-13(5)10-19(25)28-23-14(6)17-11-18(27-15(7)24)16(9-2)21(17)20(12(3)4)22(23)26/h9-10,12,17-18,20-23,26H,6,8,11H2,1-5,7H3/b13-10-,16-9+/t17-,18-,20-,21+,22-,23-/m0/s1. The first-order chi connectivity index (χ1) is 13.1. The van der Waals surface area contributed by atoms with Gasteiger partial charge in [-0.05, 0) is 61.5 Å². The van der Waals surface area contributed by atoms with E-state index in [1.54, 1.807) is 0 Å². The highest BCUT2D eigenvalue weighted by molar-refractivity contribution is 5.83. The summed E-state index contributed by atoms with van der Waals surface area (Å²) in [5, 5.41) is 11.1. The fraction of sp³-hybridized carbons (Fsp3) is 0.652. The molecular formula is C23H34O5. The number of hydrogen-bond acceptors (Lipinski definition) is 5. The highest BCUT2D eigenvalue weighted by Crippen LogP contribution is 2.54. The van der Waals surface area contributed by atoms with E-state index in [0.29, 0.717) is 12.0 Å². The van der Waals surface area contributed by atoms with Crippen molar-refractivity contribution in [3.63, 3.8) is 0 Å². The van der Waals surface area contributed by atoms with Gasteiger partial charge in [-0.1, -0.05) is 39.0 Å². The van der Waals surface area contributed by atoms with E-state index in [4.69, 9.17) is 9.47 Å². The van der Waals surface area contributed by atoms with Gasteiger partial charge in [0.2, 0.25) is 0 Å². The summed E-state index contributed by atoms with van der Waals surface area (Å²) in [5.74, 6) is -0.697. The third-order valence-electron chi connectivity index (χ3n) is 6.20. The van der Waals surface area contributed by atoms with E-state index in [2.05, 4.69) is 20.4 Å². The molecule has 0 spiro atoms. The Balaban J connectivity index is 2.37. The molecule has 0 amide bonds. The van der Waals surface area contributed by atoms with Gasteiger partial charge in [-0.3, -0.25) is 4.79 Å². The molecule has 0 aromatic rings. The lowest BCUT2D eigenvalue weighted by Gasteiger charge is -2.45. The molecule has 0 aromatic carbocycles. The predicted octanol–water partition coefficient (Wildman–Crippen LogP) is 3.97. The van der Waals surface area contributed by atoms with Crippen molar-refractivity contribution >= 4 is 11.9 Å². The zero-order valence-electron chi connectivity index (χ0n) is 17.9. The molecule has 1 N–H and O–H groups in total. The molecule has 0 aromatic heterocycles. The fourth-order valence-electron chi connectivity index (χ4n) is 4.79. The van der Waals surface area contributed by atoms with Crippen LogP contribution in [0.3, 0.4) is 0 Å². The van der Waals surface area contributed by atoms with Gasteiger partial charge in [-0.15, -0.1) is 0 Å². The van der Waals surface area contributed by atoms with Gasteiger partial charge in [-0.25, -0.2) is 4.79 Å². The van der Waals surface area contributed by atoms with Gasteiger partial charge in [0.15, 0.2) is 0 Å². The predicted molar refractivity (Wildman–Crippen MR) is 108 cm³/mol. The smallest absolute Gasteiger partial charge is 0.331 e. The summed E-state index contributed by atoms with van der Waals surface area (Å²) < 4.78 is 11.2. The van der Waals surface area contributed by atoms with Crippen molar-refractivity contribution in [1.82, 2.24) is 0 Å². The number of allylic oxidation sites excluding steroid dienone is 2. The monoisotopic (exact) mass is 390 g/mol. The Kier molecular flexibility index (Phi) is 7.27. The number of carbonyl (C=O) groups excluding carboxylic acids is 2. The Hall–Kier alpha value is -1.88. The summed E-state index contributed by atoms with van der Waals surface area (Å²) in [6, 6.07) is 0. The second-order valence-electron chi connectivity index (χ2n) is 8.34. The van der Waals surface area contributed by atoms with Crippen LogP contribution < -0.4 is 0 Å². The van der Waals surface area contributed by atoms with Gasteiger partial charge < -0.3 is 14.6 Å². The zero-order valence-corrected chi connectivity index (χ0v) is 17.9. The van der Waals surface area contributed by atoms with Crippen LogP contribution in [-0.2, 0) is 19.1 Å². The lowest BCUT2D eigenvalue weighted by Crippen LogP contribution is -2.50. The first-order valence-corrected chi connectivity index (χ1v) is 10.2. The minimum atomic E-state index is -0.848. The van der Waals surface area contributed by atoms with Crippen molar-refractivity contribution in [2.75, 3.05) is 0 Å². The van der Waals surface area contributed by atoms with Crippen molar-refractivity contribution in [3.05, 3.63) is 35.5 Å². The highest BCUT2D eigenvalue weighted by Gasteiger charge is 2.55. The normalized spacial score (nSPS) is 34.5. The third-order valence-corrected chi connectivity index (χ3v) is 6.20. The highest BCUT2D eigenvalue weighted by atomic mass is 16.6. The molecule has 2 rings (SSSR count). The van der Waals surface area contributed by atoms with Crippen molar-refractivity contribution in [2.45, 2.75) is 72.7 Å². The summed E-state index contributed by atoms with van der Waals surface area (Å²) >= 11 is 0. The number of aliphatic hydroxyl groups is 1. The van der Waals surface area contributed by atoms with Crippen LogP contribution in [0.15, 0.2) is 35.5 Å². The van der Waals surface area contributed by atoms with Crippen LogP contribution in [0.4, 0.5) is 0 Å². The molecule has 6 atom stereocenters. The van der Waals surface area contributed by atoms with E-state index in [1.807, 2.05) is 26.8 Å². The molecule has 2 saturated carbocycles. The van der Waals surface area contributed by atoms with Crippen LogP contribution in [0.2, 0.25) is 0 Å². The Morgan fingerprint density at radius 3 is 2.43 bits per heavy atom. The summed E-state index contributed by atoms with van der Waals surface area (Å²) in [6.45, 7) is 15.5. The summed E-state index contributed by atoms with van der Waals surface area (Å²) in [6.07, 6.45) is 2.92. The van der Waals surface area contributed by atoms with Gasteiger partial charge >= 0.3 is 11.9 Å². The maximum Gasteiger partial charge on any atom is 0.331 e. The lowest BCUT2D eigenvalue weighted by atomic mass is 9.64. The average molecular weight is 391 g/mol. The van der Waals surface area contributed by atoms with E-state index >= 15 is 0 Å². The molecule has 0 aliphatic heterocycles. The van der Waals surface area contributed by atoms with Gasteiger partial charge in [0.1, 0.15) is 12.2 Å². The van der Waals surface area contributed by atoms with E-state index < -0.39 is 18.2 Å². The second kappa shape index (κ2) is 9.08. The zero-order chi connectivity index (χ0) is 21.2. The molecule has 2 aliphatic rings. The summed E-state index contributed by atoms with van der Waals surface area (Å²) in [4.78, 5) is 23.9. The Labute approximate surface area is 168 Å². The van der Waals surface area contributed by atoms with Crippen LogP contribution in [0.25, 0.3) is 0 Å².